The Bertz CT molecular complexity index is 1040. The summed E-state index contributed by atoms with van der Waals surface area (Å²) in [6.07, 6.45) is 3.05. The highest BCUT2D eigenvalue weighted by Gasteiger charge is 2.18. The zero-order valence-corrected chi connectivity index (χ0v) is 16.1. The van der Waals surface area contributed by atoms with Crippen LogP contribution in [0.25, 0.3) is 5.69 Å². The van der Waals surface area contributed by atoms with Crippen LogP contribution in [0.15, 0.2) is 66.7 Å². The summed E-state index contributed by atoms with van der Waals surface area (Å²) in [6.45, 7) is 5.51. The first-order chi connectivity index (χ1) is 13.5. The second-order valence-corrected chi connectivity index (χ2v) is 6.28. The number of amides is 2. The van der Waals surface area contributed by atoms with Gasteiger partial charge in [0.1, 0.15) is 0 Å². The Kier molecular flexibility index (Phi) is 5.69. The lowest BCUT2D eigenvalue weighted by Gasteiger charge is -2.11. The maximum atomic E-state index is 12.9. The maximum Gasteiger partial charge on any atom is 0.257 e. The number of carbonyl (C=O) groups excluding carboxylic acids is 2. The first kappa shape index (κ1) is 19.1. The highest BCUT2D eigenvalue weighted by atomic mass is 16.2. The van der Waals surface area contributed by atoms with E-state index in [9.17, 15) is 9.59 Å². The summed E-state index contributed by atoms with van der Waals surface area (Å²) in [5, 5.41) is 10.2. The Hall–Kier alpha value is -3.67. The number of aryl methyl sites for hydroxylation is 1. The minimum atomic E-state index is -0.310. The van der Waals surface area contributed by atoms with E-state index < -0.39 is 0 Å². The molecule has 2 N–H and O–H groups in total. The van der Waals surface area contributed by atoms with E-state index in [1.807, 2.05) is 44.2 Å². The molecule has 0 atom stereocenters. The van der Waals surface area contributed by atoms with Gasteiger partial charge in [-0.1, -0.05) is 36.4 Å². The Labute approximate surface area is 163 Å². The lowest BCUT2D eigenvalue weighted by Crippen LogP contribution is -2.17. The fourth-order valence-electron chi connectivity index (χ4n) is 2.94. The summed E-state index contributed by atoms with van der Waals surface area (Å²) in [4.78, 5) is 24.8. The van der Waals surface area contributed by atoms with Gasteiger partial charge in [-0.15, -0.1) is 0 Å². The molecule has 0 radical (unpaired) electrons. The molecule has 0 saturated heterocycles. The van der Waals surface area contributed by atoms with Gasteiger partial charge in [0.25, 0.3) is 5.91 Å². The van der Waals surface area contributed by atoms with Gasteiger partial charge in [-0.2, -0.15) is 5.10 Å². The highest BCUT2D eigenvalue weighted by molar-refractivity contribution is 6.11. The van der Waals surface area contributed by atoms with E-state index in [0.29, 0.717) is 22.6 Å². The van der Waals surface area contributed by atoms with Crippen LogP contribution in [0.4, 0.5) is 11.4 Å². The summed E-state index contributed by atoms with van der Waals surface area (Å²) in [5.74, 6) is -0.595. The molecule has 0 fully saturated rings. The van der Waals surface area contributed by atoms with Crippen molar-refractivity contribution in [3.8, 4) is 5.69 Å². The second-order valence-electron chi connectivity index (χ2n) is 6.28. The molecule has 0 saturated carbocycles. The SMILES string of the molecule is C/C=C/C(=O)Nc1ccccc1C(=O)Nc1c(C)nn(-c2ccccc2)c1C. The molecule has 0 aliphatic rings. The van der Waals surface area contributed by atoms with E-state index in [0.717, 1.165) is 11.4 Å². The molecule has 1 aromatic heterocycles. The van der Waals surface area contributed by atoms with Crippen LogP contribution in [0.2, 0.25) is 0 Å². The van der Waals surface area contributed by atoms with Crippen LogP contribution in [-0.4, -0.2) is 21.6 Å². The van der Waals surface area contributed by atoms with Gasteiger partial charge in [-0.05, 0) is 51.1 Å². The number of rotatable bonds is 5. The number of carbonyl (C=O) groups is 2. The monoisotopic (exact) mass is 374 g/mol. The first-order valence-corrected chi connectivity index (χ1v) is 8.97. The van der Waals surface area contributed by atoms with E-state index in [2.05, 4.69) is 15.7 Å². The molecule has 1 heterocycles. The molecule has 142 valence electrons. The minimum absolute atomic E-state index is 0.285. The smallest absolute Gasteiger partial charge is 0.257 e. The number of hydrogen-bond acceptors (Lipinski definition) is 3. The van der Waals surface area contributed by atoms with Crippen molar-refractivity contribution in [2.75, 3.05) is 10.6 Å². The van der Waals surface area contributed by atoms with Crippen molar-refractivity contribution in [1.29, 1.82) is 0 Å². The molecule has 3 rings (SSSR count). The average Bonchev–Trinajstić information content (AvgIpc) is 2.97. The zero-order chi connectivity index (χ0) is 20.1. The summed E-state index contributed by atoms with van der Waals surface area (Å²) in [6, 6.07) is 16.6. The highest BCUT2D eigenvalue weighted by Crippen LogP contribution is 2.24. The van der Waals surface area contributed by atoms with Gasteiger partial charge in [0.15, 0.2) is 0 Å². The van der Waals surface area contributed by atoms with Gasteiger partial charge in [0, 0.05) is 0 Å². The van der Waals surface area contributed by atoms with Crippen molar-refractivity contribution < 1.29 is 9.59 Å². The van der Waals surface area contributed by atoms with Crippen molar-refractivity contribution in [3.05, 3.63) is 83.7 Å². The van der Waals surface area contributed by atoms with E-state index in [-0.39, 0.29) is 11.8 Å². The molecular formula is C22H22N4O2. The Morgan fingerprint density at radius 1 is 0.964 bits per heavy atom. The Morgan fingerprint density at radius 3 is 2.36 bits per heavy atom. The molecule has 0 bridgehead atoms. The van der Waals surface area contributed by atoms with Gasteiger partial charge in [-0.3, -0.25) is 9.59 Å². The van der Waals surface area contributed by atoms with Gasteiger partial charge < -0.3 is 10.6 Å². The summed E-state index contributed by atoms with van der Waals surface area (Å²) < 4.78 is 1.80. The molecule has 6 nitrogen and oxygen atoms in total. The van der Waals surface area contributed by atoms with Crippen LogP contribution >= 0.6 is 0 Å². The van der Waals surface area contributed by atoms with Gasteiger partial charge in [0.2, 0.25) is 5.91 Å². The van der Waals surface area contributed by atoms with Crippen LogP contribution in [0.1, 0.15) is 28.7 Å². The predicted molar refractivity (Wildman–Crippen MR) is 111 cm³/mol. The van der Waals surface area contributed by atoms with Crippen molar-refractivity contribution >= 4 is 23.2 Å². The number of hydrogen-bond donors (Lipinski definition) is 2. The maximum absolute atomic E-state index is 12.9. The number of nitrogens with zero attached hydrogens (tertiary/aromatic N) is 2. The number of nitrogens with one attached hydrogen (secondary N) is 2. The molecular weight excluding hydrogens is 352 g/mol. The molecule has 0 aliphatic carbocycles. The van der Waals surface area contributed by atoms with E-state index in [1.165, 1.54) is 6.08 Å². The zero-order valence-electron chi connectivity index (χ0n) is 16.1. The Balaban J connectivity index is 1.89. The number of benzene rings is 2. The number of allylic oxidation sites excluding steroid dienone is 1. The summed E-state index contributed by atoms with van der Waals surface area (Å²) in [5.41, 5.74) is 3.95. The van der Waals surface area contributed by atoms with Crippen molar-refractivity contribution in [3.63, 3.8) is 0 Å². The second kappa shape index (κ2) is 8.35. The number of anilines is 2. The average molecular weight is 374 g/mol. The first-order valence-electron chi connectivity index (χ1n) is 8.97. The minimum Gasteiger partial charge on any atom is -0.322 e. The fourth-order valence-corrected chi connectivity index (χ4v) is 2.94. The Morgan fingerprint density at radius 2 is 1.64 bits per heavy atom. The third-order valence-corrected chi connectivity index (χ3v) is 4.28. The van der Waals surface area contributed by atoms with Crippen LogP contribution in [0, 0.1) is 13.8 Å². The molecule has 0 spiro atoms. The van der Waals surface area contributed by atoms with Crippen LogP contribution in [0.3, 0.4) is 0 Å². The van der Waals surface area contributed by atoms with Crippen LogP contribution in [-0.2, 0) is 4.79 Å². The lowest BCUT2D eigenvalue weighted by molar-refractivity contribution is -0.111. The molecule has 2 aromatic carbocycles. The third-order valence-electron chi connectivity index (χ3n) is 4.28. The molecule has 0 aliphatic heterocycles. The lowest BCUT2D eigenvalue weighted by atomic mass is 10.1. The topological polar surface area (TPSA) is 76.0 Å². The van der Waals surface area contributed by atoms with Crippen molar-refractivity contribution in [2.24, 2.45) is 0 Å². The quantitative estimate of drug-likeness (QED) is 0.655. The fraction of sp³-hybridized carbons (Fsp3) is 0.136. The largest absolute Gasteiger partial charge is 0.322 e. The van der Waals surface area contributed by atoms with Crippen LogP contribution in [0.5, 0.6) is 0 Å². The van der Waals surface area contributed by atoms with E-state index in [1.54, 1.807) is 41.9 Å². The van der Waals surface area contributed by atoms with Crippen molar-refractivity contribution in [1.82, 2.24) is 9.78 Å². The van der Waals surface area contributed by atoms with Gasteiger partial charge in [-0.25, -0.2) is 4.68 Å². The predicted octanol–water partition coefficient (Wildman–Crippen LogP) is 4.26. The molecule has 3 aromatic rings. The number of para-hydroxylation sites is 2. The standard InChI is InChI=1S/C22H22N4O2/c1-4-10-20(27)23-19-14-9-8-13-18(19)22(28)24-21-15(2)25-26(16(21)3)17-11-6-5-7-12-17/h4-14H,1-3H3,(H,23,27)(H,24,28)/b10-4+. The normalized spacial score (nSPS) is 10.8. The molecule has 28 heavy (non-hydrogen) atoms. The summed E-state index contributed by atoms with van der Waals surface area (Å²) in [7, 11) is 0. The van der Waals surface area contributed by atoms with Gasteiger partial charge in [0.05, 0.1) is 34.0 Å². The third kappa shape index (κ3) is 4.01. The number of aromatic nitrogens is 2. The molecule has 2 amide bonds. The van der Waals surface area contributed by atoms with Crippen molar-refractivity contribution in [2.45, 2.75) is 20.8 Å². The van der Waals surface area contributed by atoms with Crippen LogP contribution < -0.4 is 10.6 Å². The van der Waals surface area contributed by atoms with Gasteiger partial charge >= 0.3 is 0 Å². The van der Waals surface area contributed by atoms with E-state index in [4.69, 9.17) is 0 Å². The molecule has 6 heteroatoms. The van der Waals surface area contributed by atoms with E-state index >= 15 is 0 Å². The summed E-state index contributed by atoms with van der Waals surface area (Å²) >= 11 is 0. The molecule has 0 unspecified atom stereocenters.